The predicted molar refractivity (Wildman–Crippen MR) is 79.8 cm³/mol. The molecular weight excluding hydrogens is 264 g/mol. The Morgan fingerprint density at radius 2 is 1.76 bits per heavy atom. The van der Waals surface area contributed by atoms with Gasteiger partial charge in [0, 0.05) is 6.20 Å². The number of para-hydroxylation sites is 1. The summed E-state index contributed by atoms with van der Waals surface area (Å²) in [5.74, 6) is -1.02. The SMILES string of the molecule is O=C(O)c1cn(-c2ccccc2Cc2ccccc2)cn1. The van der Waals surface area contributed by atoms with Crippen molar-refractivity contribution in [3.8, 4) is 5.69 Å². The molecule has 0 saturated heterocycles. The largest absolute Gasteiger partial charge is 0.476 e. The Bertz CT molecular complexity index is 763. The van der Waals surface area contributed by atoms with Crippen molar-refractivity contribution in [2.45, 2.75) is 6.42 Å². The molecule has 0 fully saturated rings. The van der Waals surface area contributed by atoms with E-state index in [4.69, 9.17) is 5.11 Å². The number of carboxylic acids is 1. The van der Waals surface area contributed by atoms with Gasteiger partial charge in [0.1, 0.15) is 6.33 Å². The van der Waals surface area contributed by atoms with Gasteiger partial charge in [-0.2, -0.15) is 0 Å². The average Bonchev–Trinajstić information content (AvgIpc) is 2.99. The lowest BCUT2D eigenvalue weighted by Gasteiger charge is -2.10. The summed E-state index contributed by atoms with van der Waals surface area (Å²) >= 11 is 0. The van der Waals surface area contributed by atoms with E-state index in [-0.39, 0.29) is 5.69 Å². The third-order valence-corrected chi connectivity index (χ3v) is 3.31. The van der Waals surface area contributed by atoms with E-state index in [2.05, 4.69) is 17.1 Å². The van der Waals surface area contributed by atoms with Crippen molar-refractivity contribution in [3.05, 3.63) is 83.9 Å². The van der Waals surface area contributed by atoms with Crippen LogP contribution in [0.3, 0.4) is 0 Å². The fourth-order valence-electron chi connectivity index (χ4n) is 2.29. The van der Waals surface area contributed by atoms with E-state index < -0.39 is 5.97 Å². The van der Waals surface area contributed by atoms with Crippen LogP contribution < -0.4 is 0 Å². The van der Waals surface area contributed by atoms with Gasteiger partial charge in [-0.05, 0) is 23.6 Å². The molecule has 0 aliphatic carbocycles. The predicted octanol–water partition coefficient (Wildman–Crippen LogP) is 3.16. The zero-order chi connectivity index (χ0) is 14.7. The third kappa shape index (κ3) is 2.84. The summed E-state index contributed by atoms with van der Waals surface area (Å²) in [6.07, 6.45) is 3.86. The van der Waals surface area contributed by atoms with Gasteiger partial charge in [0.2, 0.25) is 0 Å². The molecule has 21 heavy (non-hydrogen) atoms. The van der Waals surface area contributed by atoms with Crippen molar-refractivity contribution in [1.29, 1.82) is 0 Å². The van der Waals surface area contributed by atoms with E-state index in [0.717, 1.165) is 17.7 Å². The number of carboxylic acid groups (broad SMARTS) is 1. The fourth-order valence-corrected chi connectivity index (χ4v) is 2.29. The minimum Gasteiger partial charge on any atom is -0.476 e. The van der Waals surface area contributed by atoms with Gasteiger partial charge in [0.05, 0.1) is 5.69 Å². The first kappa shape index (κ1) is 13.1. The zero-order valence-electron chi connectivity index (χ0n) is 11.3. The molecule has 4 nitrogen and oxygen atoms in total. The van der Waals surface area contributed by atoms with Crippen molar-refractivity contribution in [2.24, 2.45) is 0 Å². The second-order valence-electron chi connectivity index (χ2n) is 4.76. The molecule has 3 rings (SSSR count). The number of carbonyl (C=O) groups is 1. The number of rotatable bonds is 4. The van der Waals surface area contributed by atoms with Gasteiger partial charge in [-0.25, -0.2) is 9.78 Å². The Morgan fingerprint density at radius 1 is 1.05 bits per heavy atom. The summed E-state index contributed by atoms with van der Waals surface area (Å²) in [7, 11) is 0. The molecule has 0 radical (unpaired) electrons. The summed E-state index contributed by atoms with van der Waals surface area (Å²) in [5, 5.41) is 8.97. The Kier molecular flexibility index (Phi) is 3.51. The van der Waals surface area contributed by atoms with Crippen LogP contribution >= 0.6 is 0 Å². The van der Waals surface area contributed by atoms with Gasteiger partial charge < -0.3 is 9.67 Å². The lowest BCUT2D eigenvalue weighted by molar-refractivity contribution is 0.0691. The van der Waals surface area contributed by atoms with Gasteiger partial charge in [-0.3, -0.25) is 0 Å². The quantitative estimate of drug-likeness (QED) is 0.797. The molecule has 0 bridgehead atoms. The van der Waals surface area contributed by atoms with E-state index in [0.29, 0.717) is 0 Å². The number of nitrogens with zero attached hydrogens (tertiary/aromatic N) is 2. The molecule has 0 aliphatic rings. The number of aromatic carboxylic acids is 1. The average molecular weight is 278 g/mol. The zero-order valence-corrected chi connectivity index (χ0v) is 11.3. The summed E-state index contributed by atoms with van der Waals surface area (Å²) < 4.78 is 1.75. The highest BCUT2D eigenvalue weighted by Gasteiger charge is 2.10. The van der Waals surface area contributed by atoms with Crippen molar-refractivity contribution in [1.82, 2.24) is 9.55 Å². The molecule has 0 spiro atoms. The van der Waals surface area contributed by atoms with Gasteiger partial charge in [-0.15, -0.1) is 0 Å². The highest BCUT2D eigenvalue weighted by Crippen LogP contribution is 2.18. The highest BCUT2D eigenvalue weighted by molar-refractivity contribution is 5.85. The number of hydrogen-bond acceptors (Lipinski definition) is 2. The Labute approximate surface area is 122 Å². The topological polar surface area (TPSA) is 55.1 Å². The molecule has 1 aromatic heterocycles. The highest BCUT2D eigenvalue weighted by atomic mass is 16.4. The van der Waals surface area contributed by atoms with Crippen molar-refractivity contribution < 1.29 is 9.90 Å². The van der Waals surface area contributed by atoms with E-state index in [1.54, 1.807) is 4.57 Å². The molecule has 0 amide bonds. The van der Waals surface area contributed by atoms with Crippen LogP contribution in [0.2, 0.25) is 0 Å². The number of aromatic nitrogens is 2. The molecule has 104 valence electrons. The lowest BCUT2D eigenvalue weighted by atomic mass is 10.0. The Hall–Kier alpha value is -2.88. The molecule has 0 aliphatic heterocycles. The van der Waals surface area contributed by atoms with Crippen molar-refractivity contribution in [2.75, 3.05) is 0 Å². The molecule has 1 heterocycles. The van der Waals surface area contributed by atoms with E-state index in [9.17, 15) is 4.79 Å². The smallest absolute Gasteiger partial charge is 0.356 e. The molecule has 4 heteroatoms. The standard InChI is InChI=1S/C17H14N2O2/c20-17(21)15-11-19(12-18-15)16-9-5-4-8-14(16)10-13-6-2-1-3-7-13/h1-9,11-12H,10H2,(H,20,21). The van der Waals surface area contributed by atoms with Crippen LogP contribution in [0.4, 0.5) is 0 Å². The van der Waals surface area contributed by atoms with Gasteiger partial charge >= 0.3 is 5.97 Å². The van der Waals surface area contributed by atoms with Gasteiger partial charge in [0.15, 0.2) is 5.69 Å². The molecule has 3 aromatic rings. The normalized spacial score (nSPS) is 10.5. The molecule has 2 aromatic carbocycles. The Morgan fingerprint density at radius 3 is 2.48 bits per heavy atom. The van der Waals surface area contributed by atoms with Crippen LogP contribution in [-0.2, 0) is 6.42 Å². The molecular formula is C17H14N2O2. The number of benzene rings is 2. The van der Waals surface area contributed by atoms with Crippen LogP contribution in [0.25, 0.3) is 5.69 Å². The second-order valence-corrected chi connectivity index (χ2v) is 4.76. The first-order valence-corrected chi connectivity index (χ1v) is 6.63. The van der Waals surface area contributed by atoms with Crippen LogP contribution in [-0.4, -0.2) is 20.6 Å². The van der Waals surface area contributed by atoms with Crippen LogP contribution in [0, 0.1) is 0 Å². The fraction of sp³-hybridized carbons (Fsp3) is 0.0588. The monoisotopic (exact) mass is 278 g/mol. The van der Waals surface area contributed by atoms with Gasteiger partial charge in [-0.1, -0.05) is 48.5 Å². The summed E-state index contributed by atoms with van der Waals surface area (Å²) in [4.78, 5) is 14.8. The van der Waals surface area contributed by atoms with Crippen molar-refractivity contribution in [3.63, 3.8) is 0 Å². The minimum atomic E-state index is -1.02. The summed E-state index contributed by atoms with van der Waals surface area (Å²) in [5.41, 5.74) is 3.33. The Balaban J connectivity index is 1.97. The maximum absolute atomic E-state index is 10.9. The second kappa shape index (κ2) is 5.63. The lowest BCUT2D eigenvalue weighted by Crippen LogP contribution is -1.99. The van der Waals surface area contributed by atoms with Gasteiger partial charge in [0.25, 0.3) is 0 Å². The van der Waals surface area contributed by atoms with E-state index in [1.807, 2.05) is 42.5 Å². The summed E-state index contributed by atoms with van der Waals surface area (Å²) in [6.45, 7) is 0. The van der Waals surface area contributed by atoms with Crippen molar-refractivity contribution >= 4 is 5.97 Å². The molecule has 1 N–H and O–H groups in total. The van der Waals surface area contributed by atoms with Crippen LogP contribution in [0.1, 0.15) is 21.6 Å². The first-order valence-electron chi connectivity index (χ1n) is 6.63. The minimum absolute atomic E-state index is 0.0458. The van der Waals surface area contributed by atoms with Crippen LogP contribution in [0.5, 0.6) is 0 Å². The number of hydrogen-bond donors (Lipinski definition) is 1. The molecule has 0 saturated carbocycles. The number of imidazole rings is 1. The molecule has 0 unspecified atom stereocenters. The third-order valence-electron chi connectivity index (χ3n) is 3.31. The van der Waals surface area contributed by atoms with E-state index in [1.165, 1.54) is 18.1 Å². The summed E-state index contributed by atoms with van der Waals surface area (Å²) in [6, 6.07) is 18.1. The maximum atomic E-state index is 10.9. The van der Waals surface area contributed by atoms with Crippen LogP contribution in [0.15, 0.2) is 67.1 Å². The maximum Gasteiger partial charge on any atom is 0.356 e. The first-order chi connectivity index (χ1) is 10.2. The van der Waals surface area contributed by atoms with E-state index >= 15 is 0 Å². The molecule has 0 atom stereocenters.